The lowest BCUT2D eigenvalue weighted by molar-refractivity contribution is 0.0295. The predicted octanol–water partition coefficient (Wildman–Crippen LogP) is 4.13. The molecule has 4 N–H and O–H groups in total. The third-order valence-electron chi connectivity index (χ3n) is 5.93. The number of ether oxygens (including phenoxy) is 1. The molecule has 3 aromatic rings. The zero-order valence-electron chi connectivity index (χ0n) is 18.3. The summed E-state index contributed by atoms with van der Waals surface area (Å²) in [5.41, 5.74) is 11.9. The van der Waals surface area contributed by atoms with Crippen molar-refractivity contribution in [1.29, 1.82) is 0 Å². The minimum absolute atomic E-state index is 0.0610. The fourth-order valence-corrected chi connectivity index (χ4v) is 5.35. The summed E-state index contributed by atoms with van der Waals surface area (Å²) >= 11 is 1.62. The van der Waals surface area contributed by atoms with Gasteiger partial charge in [0.05, 0.1) is 12.6 Å². The summed E-state index contributed by atoms with van der Waals surface area (Å²) in [7, 11) is 0. The molecule has 1 aromatic carbocycles. The van der Waals surface area contributed by atoms with Crippen molar-refractivity contribution in [2.24, 2.45) is 5.73 Å². The lowest BCUT2D eigenvalue weighted by Crippen LogP contribution is -2.26. The Balaban J connectivity index is 1.34. The first-order valence-electron chi connectivity index (χ1n) is 11.1. The Hall–Kier alpha value is -2.81. The Kier molecular flexibility index (Phi) is 5.91. The maximum absolute atomic E-state index is 6.26. The van der Waals surface area contributed by atoms with Crippen LogP contribution in [0.15, 0.2) is 48.4 Å². The van der Waals surface area contributed by atoms with Gasteiger partial charge in [-0.1, -0.05) is 35.6 Å². The second-order valence-electron chi connectivity index (χ2n) is 8.51. The van der Waals surface area contributed by atoms with E-state index in [1.165, 1.54) is 16.7 Å². The first-order valence-corrected chi connectivity index (χ1v) is 11.9. The van der Waals surface area contributed by atoms with Crippen LogP contribution in [0.25, 0.3) is 16.1 Å². The lowest BCUT2D eigenvalue weighted by atomic mass is 10.0. The fourth-order valence-electron chi connectivity index (χ4n) is 4.44. The maximum atomic E-state index is 6.26. The van der Waals surface area contributed by atoms with Crippen LogP contribution in [0.4, 0.5) is 0 Å². The summed E-state index contributed by atoms with van der Waals surface area (Å²) in [5, 5.41) is 14.5. The van der Waals surface area contributed by atoms with E-state index < -0.39 is 0 Å². The summed E-state index contributed by atoms with van der Waals surface area (Å²) in [5.74, 6) is 0.956. The summed E-state index contributed by atoms with van der Waals surface area (Å²) in [6.07, 6.45) is 10.7. The Morgan fingerprint density at radius 1 is 1.28 bits per heavy atom. The molecule has 2 aromatic heterocycles. The standard InChI is InChI=1S/C24H28N6OS/c1-14(2)31-21-9-6-15(12-19(21)25)23-29-30-24(32-23)18-5-3-4-17-16(18)7-8-20(17)28-13-22-26-10-11-27-22/h3-6,10-12,14,20-21,28H,7-9,13,25H2,1-2H3,(H,26,27)/t20-,21?/m0/s1. The molecule has 0 spiro atoms. The first kappa shape index (κ1) is 21.1. The van der Waals surface area contributed by atoms with Crippen molar-refractivity contribution in [3.05, 3.63) is 70.4 Å². The Morgan fingerprint density at radius 3 is 2.94 bits per heavy atom. The second-order valence-corrected chi connectivity index (χ2v) is 9.48. The molecule has 2 heterocycles. The average Bonchev–Trinajstić information content (AvgIpc) is 3.54. The number of aromatic nitrogens is 4. The van der Waals surface area contributed by atoms with Gasteiger partial charge in [0.2, 0.25) is 0 Å². The lowest BCUT2D eigenvalue weighted by Gasteiger charge is -2.23. The van der Waals surface area contributed by atoms with Crippen LogP contribution in [0.2, 0.25) is 0 Å². The highest BCUT2D eigenvalue weighted by Gasteiger charge is 2.26. The zero-order chi connectivity index (χ0) is 22.1. The zero-order valence-corrected chi connectivity index (χ0v) is 19.2. The van der Waals surface area contributed by atoms with Gasteiger partial charge in [0.25, 0.3) is 0 Å². The van der Waals surface area contributed by atoms with Crippen LogP contribution in [-0.4, -0.2) is 32.4 Å². The van der Waals surface area contributed by atoms with Gasteiger partial charge in [0.15, 0.2) is 0 Å². The number of allylic oxidation sites excluding steroid dienone is 2. The normalized spacial score (nSPS) is 20.3. The minimum Gasteiger partial charge on any atom is -0.400 e. The van der Waals surface area contributed by atoms with Crippen LogP contribution in [0, 0.1) is 0 Å². The van der Waals surface area contributed by atoms with Crippen LogP contribution in [-0.2, 0) is 17.7 Å². The van der Waals surface area contributed by atoms with Gasteiger partial charge >= 0.3 is 0 Å². The van der Waals surface area contributed by atoms with E-state index in [2.05, 4.69) is 49.8 Å². The van der Waals surface area contributed by atoms with Crippen molar-refractivity contribution in [2.75, 3.05) is 0 Å². The van der Waals surface area contributed by atoms with Crippen molar-refractivity contribution < 1.29 is 4.74 Å². The molecule has 7 nitrogen and oxygen atoms in total. The number of hydrogen-bond acceptors (Lipinski definition) is 7. The van der Waals surface area contributed by atoms with E-state index in [1.54, 1.807) is 17.5 Å². The number of nitrogens with zero attached hydrogens (tertiary/aromatic N) is 3. The minimum atomic E-state index is -0.0610. The van der Waals surface area contributed by atoms with E-state index in [0.717, 1.165) is 52.9 Å². The molecule has 1 unspecified atom stereocenters. The van der Waals surface area contributed by atoms with Crippen LogP contribution >= 0.6 is 11.3 Å². The van der Waals surface area contributed by atoms with E-state index in [4.69, 9.17) is 10.5 Å². The van der Waals surface area contributed by atoms with Gasteiger partial charge in [-0.2, -0.15) is 0 Å². The Labute approximate surface area is 191 Å². The van der Waals surface area contributed by atoms with Gasteiger partial charge in [0.1, 0.15) is 21.9 Å². The molecule has 2 aliphatic carbocycles. The largest absolute Gasteiger partial charge is 0.400 e. The van der Waals surface area contributed by atoms with E-state index in [1.807, 2.05) is 26.1 Å². The molecule has 0 amide bonds. The summed E-state index contributed by atoms with van der Waals surface area (Å²) < 4.78 is 5.88. The molecule has 0 radical (unpaired) electrons. The number of rotatable bonds is 7. The van der Waals surface area contributed by atoms with E-state index in [9.17, 15) is 0 Å². The number of hydrogen-bond donors (Lipinski definition) is 3. The molecule has 166 valence electrons. The molecule has 2 atom stereocenters. The van der Waals surface area contributed by atoms with Crippen molar-refractivity contribution in [3.8, 4) is 10.6 Å². The number of benzene rings is 1. The van der Waals surface area contributed by atoms with Crippen LogP contribution < -0.4 is 11.1 Å². The van der Waals surface area contributed by atoms with Crippen LogP contribution in [0.5, 0.6) is 0 Å². The summed E-state index contributed by atoms with van der Waals surface area (Å²) in [6, 6.07) is 6.82. The Bertz CT molecular complexity index is 1150. The molecule has 0 bridgehead atoms. The molecule has 8 heteroatoms. The molecule has 5 rings (SSSR count). The van der Waals surface area contributed by atoms with Gasteiger partial charge in [-0.15, -0.1) is 10.2 Å². The molecule has 0 fully saturated rings. The van der Waals surface area contributed by atoms with Gasteiger partial charge in [0, 0.05) is 35.3 Å². The van der Waals surface area contributed by atoms with Crippen LogP contribution in [0.1, 0.15) is 54.7 Å². The smallest absolute Gasteiger partial charge is 0.148 e. The topological polar surface area (TPSA) is 102 Å². The highest BCUT2D eigenvalue weighted by molar-refractivity contribution is 7.15. The first-order chi connectivity index (χ1) is 15.6. The number of H-pyrrole nitrogens is 1. The summed E-state index contributed by atoms with van der Waals surface area (Å²) in [6.45, 7) is 4.78. The molecule has 0 aliphatic heterocycles. The van der Waals surface area contributed by atoms with Crippen molar-refractivity contribution in [2.45, 2.75) is 57.9 Å². The second kappa shape index (κ2) is 8.97. The predicted molar refractivity (Wildman–Crippen MR) is 127 cm³/mol. The molecular formula is C24H28N6OS. The average molecular weight is 449 g/mol. The molecule has 0 saturated heterocycles. The number of imidazole rings is 1. The number of nitrogens with one attached hydrogen (secondary N) is 2. The maximum Gasteiger partial charge on any atom is 0.148 e. The van der Waals surface area contributed by atoms with Gasteiger partial charge in [-0.3, -0.25) is 0 Å². The third-order valence-corrected chi connectivity index (χ3v) is 6.93. The highest BCUT2D eigenvalue weighted by atomic mass is 32.1. The highest BCUT2D eigenvalue weighted by Crippen LogP contribution is 2.39. The van der Waals surface area contributed by atoms with E-state index in [-0.39, 0.29) is 12.2 Å². The van der Waals surface area contributed by atoms with Gasteiger partial charge in [-0.05, 0) is 50.3 Å². The van der Waals surface area contributed by atoms with Crippen molar-refractivity contribution >= 4 is 16.9 Å². The molecule has 32 heavy (non-hydrogen) atoms. The van der Waals surface area contributed by atoms with Crippen LogP contribution in [0.3, 0.4) is 0 Å². The summed E-state index contributed by atoms with van der Waals surface area (Å²) in [4.78, 5) is 7.46. The van der Waals surface area contributed by atoms with Gasteiger partial charge < -0.3 is 20.8 Å². The fraction of sp³-hybridized carbons (Fsp3) is 0.375. The number of nitrogens with two attached hydrogens (primary N) is 1. The monoisotopic (exact) mass is 448 g/mol. The number of fused-ring (bicyclic) bond motifs is 1. The van der Waals surface area contributed by atoms with Crippen molar-refractivity contribution in [1.82, 2.24) is 25.5 Å². The van der Waals surface area contributed by atoms with Crippen molar-refractivity contribution in [3.63, 3.8) is 0 Å². The van der Waals surface area contributed by atoms with E-state index in [0.29, 0.717) is 6.04 Å². The molecule has 2 aliphatic rings. The number of aromatic amines is 1. The van der Waals surface area contributed by atoms with Gasteiger partial charge in [-0.25, -0.2) is 4.98 Å². The third kappa shape index (κ3) is 4.26. The van der Waals surface area contributed by atoms with E-state index >= 15 is 0 Å². The quantitative estimate of drug-likeness (QED) is 0.502. The SMILES string of the molecule is CC(C)OC1CC=C(c2nnc(-c3cccc4c3CC[C@@H]4NCc3ncc[nH]3)s2)C=C1N. The Morgan fingerprint density at radius 2 is 2.16 bits per heavy atom. The molecular weight excluding hydrogens is 420 g/mol. The molecule has 0 saturated carbocycles.